The SMILES string of the molecule is Cn1nc2c(c1-c1cncnc1)CCCN2c1ccc(Cl)cc1Cl. The number of halogens is 2. The topological polar surface area (TPSA) is 46.8 Å². The van der Waals surface area contributed by atoms with E-state index in [4.69, 9.17) is 28.3 Å². The molecular formula is C17H15Cl2N5. The summed E-state index contributed by atoms with van der Waals surface area (Å²) in [4.78, 5) is 10.4. The van der Waals surface area contributed by atoms with Crippen molar-refractivity contribution in [1.29, 1.82) is 0 Å². The summed E-state index contributed by atoms with van der Waals surface area (Å²) >= 11 is 12.4. The molecule has 0 fully saturated rings. The Labute approximate surface area is 149 Å². The molecule has 4 rings (SSSR count). The minimum atomic E-state index is 0.629. The van der Waals surface area contributed by atoms with Crippen molar-refractivity contribution >= 4 is 34.7 Å². The third kappa shape index (κ3) is 2.54. The van der Waals surface area contributed by atoms with E-state index in [0.717, 1.165) is 42.1 Å². The summed E-state index contributed by atoms with van der Waals surface area (Å²) in [7, 11) is 1.95. The molecule has 0 atom stereocenters. The van der Waals surface area contributed by atoms with E-state index in [0.29, 0.717) is 10.0 Å². The van der Waals surface area contributed by atoms with Crippen LogP contribution in [0.15, 0.2) is 36.9 Å². The molecule has 3 aromatic rings. The van der Waals surface area contributed by atoms with Crippen molar-refractivity contribution in [2.24, 2.45) is 7.05 Å². The van der Waals surface area contributed by atoms with Gasteiger partial charge in [0.15, 0.2) is 5.82 Å². The van der Waals surface area contributed by atoms with E-state index in [1.54, 1.807) is 6.07 Å². The van der Waals surface area contributed by atoms with Gasteiger partial charge in [0.1, 0.15) is 6.33 Å². The van der Waals surface area contributed by atoms with E-state index in [1.807, 2.05) is 36.3 Å². The Morgan fingerprint density at radius 1 is 1.12 bits per heavy atom. The highest BCUT2D eigenvalue weighted by molar-refractivity contribution is 6.36. The normalized spacial score (nSPS) is 13.9. The molecule has 0 spiro atoms. The fourth-order valence-electron chi connectivity index (χ4n) is 3.24. The van der Waals surface area contributed by atoms with Crippen molar-refractivity contribution in [2.75, 3.05) is 11.4 Å². The number of hydrogen-bond acceptors (Lipinski definition) is 4. The van der Waals surface area contributed by atoms with Gasteiger partial charge in [-0.15, -0.1) is 0 Å². The first-order valence-corrected chi connectivity index (χ1v) is 8.44. The minimum Gasteiger partial charge on any atom is -0.323 e. The third-order valence-electron chi connectivity index (χ3n) is 4.22. The van der Waals surface area contributed by atoms with Gasteiger partial charge in [-0.2, -0.15) is 5.10 Å². The number of fused-ring (bicyclic) bond motifs is 1. The lowest BCUT2D eigenvalue weighted by Crippen LogP contribution is -2.24. The molecule has 0 saturated heterocycles. The first kappa shape index (κ1) is 15.4. The number of aromatic nitrogens is 4. The highest BCUT2D eigenvalue weighted by Gasteiger charge is 2.27. The molecule has 5 nitrogen and oxygen atoms in total. The zero-order chi connectivity index (χ0) is 16.7. The van der Waals surface area contributed by atoms with Crippen molar-refractivity contribution in [3.05, 3.63) is 52.5 Å². The number of aryl methyl sites for hydroxylation is 1. The molecule has 0 aliphatic carbocycles. The second kappa shape index (κ2) is 6.07. The Morgan fingerprint density at radius 3 is 2.67 bits per heavy atom. The molecular weight excluding hydrogens is 345 g/mol. The molecule has 0 radical (unpaired) electrons. The number of nitrogens with zero attached hydrogens (tertiary/aromatic N) is 5. The van der Waals surface area contributed by atoms with E-state index < -0.39 is 0 Å². The van der Waals surface area contributed by atoms with Gasteiger partial charge in [-0.3, -0.25) is 4.68 Å². The van der Waals surface area contributed by atoms with Gasteiger partial charge < -0.3 is 4.90 Å². The smallest absolute Gasteiger partial charge is 0.158 e. The monoisotopic (exact) mass is 359 g/mol. The summed E-state index contributed by atoms with van der Waals surface area (Å²) < 4.78 is 1.89. The van der Waals surface area contributed by atoms with Crippen molar-refractivity contribution in [3.8, 4) is 11.3 Å². The van der Waals surface area contributed by atoms with E-state index in [1.165, 1.54) is 11.9 Å². The molecule has 2 aromatic heterocycles. The third-order valence-corrected chi connectivity index (χ3v) is 4.76. The number of anilines is 2. The van der Waals surface area contributed by atoms with Crippen LogP contribution in [-0.4, -0.2) is 26.3 Å². The second-order valence-electron chi connectivity index (χ2n) is 5.75. The average Bonchev–Trinajstić information content (AvgIpc) is 2.92. The van der Waals surface area contributed by atoms with E-state index in [9.17, 15) is 0 Å². The molecule has 0 N–H and O–H groups in total. The maximum atomic E-state index is 6.41. The van der Waals surface area contributed by atoms with Crippen LogP contribution in [-0.2, 0) is 13.5 Å². The summed E-state index contributed by atoms with van der Waals surface area (Å²) in [6.45, 7) is 0.871. The number of rotatable bonds is 2. The molecule has 7 heteroatoms. The van der Waals surface area contributed by atoms with Gasteiger partial charge in [0.25, 0.3) is 0 Å². The standard InChI is InChI=1S/C17H15Cl2N5/c1-23-16(11-8-20-10-21-9-11)13-3-2-6-24(17(13)22-23)15-5-4-12(18)7-14(15)19/h4-5,7-10H,2-3,6H2,1H3. The molecule has 1 aliphatic heterocycles. The summed E-state index contributed by atoms with van der Waals surface area (Å²) in [5.41, 5.74) is 4.15. The van der Waals surface area contributed by atoms with Gasteiger partial charge >= 0.3 is 0 Å². The molecule has 1 aromatic carbocycles. The number of benzene rings is 1. The molecule has 0 saturated carbocycles. The summed E-state index contributed by atoms with van der Waals surface area (Å²) in [5, 5.41) is 6.00. The van der Waals surface area contributed by atoms with Crippen LogP contribution in [0.5, 0.6) is 0 Å². The van der Waals surface area contributed by atoms with Crippen molar-refractivity contribution < 1.29 is 0 Å². The van der Waals surface area contributed by atoms with Crippen LogP contribution in [0, 0.1) is 0 Å². The molecule has 122 valence electrons. The first-order valence-electron chi connectivity index (χ1n) is 7.69. The van der Waals surface area contributed by atoms with Crippen LogP contribution in [0.1, 0.15) is 12.0 Å². The summed E-state index contributed by atoms with van der Waals surface area (Å²) in [5.74, 6) is 0.937. The van der Waals surface area contributed by atoms with Crippen LogP contribution in [0.3, 0.4) is 0 Å². The largest absolute Gasteiger partial charge is 0.323 e. The molecule has 0 unspecified atom stereocenters. The maximum absolute atomic E-state index is 6.41. The van der Waals surface area contributed by atoms with Gasteiger partial charge in [0.2, 0.25) is 0 Å². The maximum Gasteiger partial charge on any atom is 0.158 e. The number of hydrogen-bond donors (Lipinski definition) is 0. The van der Waals surface area contributed by atoms with Crippen LogP contribution in [0.2, 0.25) is 10.0 Å². The summed E-state index contributed by atoms with van der Waals surface area (Å²) in [6.07, 6.45) is 7.16. The van der Waals surface area contributed by atoms with Crippen LogP contribution < -0.4 is 4.90 Å². The highest BCUT2D eigenvalue weighted by Crippen LogP contribution is 2.40. The Hall–Kier alpha value is -2.11. The van der Waals surface area contributed by atoms with Crippen LogP contribution in [0.25, 0.3) is 11.3 Å². The Kier molecular flexibility index (Phi) is 3.90. The first-order chi connectivity index (χ1) is 11.6. The van der Waals surface area contributed by atoms with Crippen molar-refractivity contribution in [2.45, 2.75) is 12.8 Å². The molecule has 1 aliphatic rings. The van der Waals surface area contributed by atoms with E-state index >= 15 is 0 Å². The predicted octanol–water partition coefficient (Wildman–Crippen LogP) is 4.27. The van der Waals surface area contributed by atoms with Crippen LogP contribution >= 0.6 is 23.2 Å². The molecule has 24 heavy (non-hydrogen) atoms. The summed E-state index contributed by atoms with van der Waals surface area (Å²) in [6, 6.07) is 5.56. The van der Waals surface area contributed by atoms with Gasteiger partial charge in [-0.05, 0) is 31.0 Å². The lowest BCUT2D eigenvalue weighted by atomic mass is 10.0. The molecule has 0 amide bonds. The Morgan fingerprint density at radius 2 is 1.92 bits per heavy atom. The molecule has 3 heterocycles. The Balaban J connectivity index is 1.85. The zero-order valence-electron chi connectivity index (χ0n) is 13.1. The lowest BCUT2D eigenvalue weighted by Gasteiger charge is -2.28. The van der Waals surface area contributed by atoms with Gasteiger partial charge in [0, 0.05) is 42.1 Å². The second-order valence-corrected chi connectivity index (χ2v) is 6.60. The van der Waals surface area contributed by atoms with Crippen molar-refractivity contribution in [1.82, 2.24) is 19.7 Å². The van der Waals surface area contributed by atoms with E-state index in [-0.39, 0.29) is 0 Å². The van der Waals surface area contributed by atoms with Crippen LogP contribution in [0.4, 0.5) is 11.5 Å². The quantitative estimate of drug-likeness (QED) is 0.685. The van der Waals surface area contributed by atoms with Gasteiger partial charge in [-0.1, -0.05) is 23.2 Å². The van der Waals surface area contributed by atoms with Gasteiger partial charge in [0.05, 0.1) is 16.4 Å². The minimum absolute atomic E-state index is 0.629. The average molecular weight is 360 g/mol. The highest BCUT2D eigenvalue weighted by atomic mass is 35.5. The molecule has 0 bridgehead atoms. The van der Waals surface area contributed by atoms with E-state index in [2.05, 4.69) is 14.9 Å². The Bertz CT molecular complexity index is 891. The fourth-order valence-corrected chi connectivity index (χ4v) is 3.75. The fraction of sp³-hybridized carbons (Fsp3) is 0.235. The lowest BCUT2D eigenvalue weighted by molar-refractivity contribution is 0.743. The van der Waals surface area contributed by atoms with Gasteiger partial charge in [-0.25, -0.2) is 9.97 Å². The predicted molar refractivity (Wildman–Crippen MR) is 96.0 cm³/mol. The zero-order valence-corrected chi connectivity index (χ0v) is 14.6. The van der Waals surface area contributed by atoms with Crippen molar-refractivity contribution in [3.63, 3.8) is 0 Å².